The molecule has 0 fully saturated rings. The molecular formula is C30H69BO6S3. The van der Waals surface area contributed by atoms with Crippen molar-refractivity contribution in [3.8, 4) is 0 Å². The summed E-state index contributed by atoms with van der Waals surface area (Å²) in [6, 6.07) is 0. The first kappa shape index (κ1) is 40.9. The molecule has 0 aromatic carbocycles. The van der Waals surface area contributed by atoms with Gasteiger partial charge in [-0.3, -0.25) is 24.9 Å². The summed E-state index contributed by atoms with van der Waals surface area (Å²) in [4.78, 5) is 0. The molecule has 0 radical (unpaired) electrons. The van der Waals surface area contributed by atoms with Gasteiger partial charge in [0.25, 0.3) is 0 Å². The Morgan fingerprint density at radius 3 is 0.825 bits per heavy atom. The minimum Gasteiger partial charge on any atom is -0.286 e. The number of hydrogen-bond acceptors (Lipinski definition) is 6. The number of unbranched alkanes of at least 4 members (excludes halogenated alkanes) is 15. The van der Waals surface area contributed by atoms with E-state index in [0.717, 1.165) is 19.3 Å². The van der Waals surface area contributed by atoms with Crippen LogP contribution in [0.5, 0.6) is 0 Å². The van der Waals surface area contributed by atoms with Crippen molar-refractivity contribution in [3.63, 3.8) is 0 Å². The highest BCUT2D eigenvalue weighted by Crippen LogP contribution is 2.52. The van der Waals surface area contributed by atoms with Crippen LogP contribution >= 0.6 is 31.8 Å². The van der Waals surface area contributed by atoms with Gasteiger partial charge in [-0.2, -0.15) is 0 Å². The maximum absolute atomic E-state index is 6.40. The van der Waals surface area contributed by atoms with E-state index in [4.69, 9.17) is 24.9 Å². The second-order valence-electron chi connectivity index (χ2n) is 11.8. The van der Waals surface area contributed by atoms with Crippen molar-refractivity contribution < 1.29 is 24.9 Å². The van der Waals surface area contributed by atoms with Crippen LogP contribution in [0.3, 0.4) is 0 Å². The van der Waals surface area contributed by atoms with Gasteiger partial charge in [0.05, 0.1) is 19.8 Å². The van der Waals surface area contributed by atoms with Crippen molar-refractivity contribution in [2.24, 2.45) is 0 Å². The van der Waals surface area contributed by atoms with Crippen molar-refractivity contribution >= 4 is 39.1 Å². The number of rotatable bonds is 30. The minimum atomic E-state index is -1.83. The molecule has 0 aromatic heterocycles. The summed E-state index contributed by atoms with van der Waals surface area (Å²) in [5.41, 5.74) is 0. The Morgan fingerprint density at radius 2 is 0.575 bits per heavy atom. The zero-order valence-electron chi connectivity index (χ0n) is 28.1. The zero-order chi connectivity index (χ0) is 30.2. The SMILES string of the molecule is CCCCCCCCOS(C)(C)OB(OS(C)(C)OCCCCCCCC)OS(C)(C)OCCCCCCCC. The first-order valence-corrected chi connectivity index (χ1v) is 23.0. The summed E-state index contributed by atoms with van der Waals surface area (Å²) < 4.78 is 37.9. The van der Waals surface area contributed by atoms with Gasteiger partial charge in [-0.15, -0.1) is 0 Å². The van der Waals surface area contributed by atoms with Crippen LogP contribution in [0.25, 0.3) is 0 Å². The van der Waals surface area contributed by atoms with Crippen LogP contribution in [-0.2, 0) is 24.9 Å². The third kappa shape index (κ3) is 26.5. The third-order valence-corrected chi connectivity index (χ3v) is 10.6. The topological polar surface area (TPSA) is 55.4 Å². The molecule has 10 heteroatoms. The normalized spacial score (nSPS) is 14.0. The van der Waals surface area contributed by atoms with Crippen LogP contribution in [0.15, 0.2) is 0 Å². The Balaban J connectivity index is 4.90. The van der Waals surface area contributed by atoms with Crippen molar-refractivity contribution in [2.75, 3.05) is 57.4 Å². The Labute approximate surface area is 256 Å². The molecule has 0 aliphatic carbocycles. The lowest BCUT2D eigenvalue weighted by Gasteiger charge is -2.44. The summed E-state index contributed by atoms with van der Waals surface area (Å²) in [6.45, 7) is 8.82. The molecular weight excluding hydrogens is 563 g/mol. The Bertz CT molecular complexity index is 493. The summed E-state index contributed by atoms with van der Waals surface area (Å²) >= 11 is 0. The van der Waals surface area contributed by atoms with E-state index in [1.54, 1.807) is 0 Å². The van der Waals surface area contributed by atoms with E-state index >= 15 is 0 Å². The van der Waals surface area contributed by atoms with Crippen molar-refractivity contribution in [1.82, 2.24) is 0 Å². The van der Waals surface area contributed by atoms with E-state index in [1.807, 2.05) is 37.5 Å². The largest absolute Gasteiger partial charge is 0.699 e. The average Bonchev–Trinajstić information content (AvgIpc) is 2.86. The standard InChI is InChI=1S/C30H69BO6S3/c1-10-13-16-19-22-25-28-32-38(4,5)35-31(36-39(6,7)33-29-26-23-20-17-14-11-2)37-40(8,9)34-30-27-24-21-18-15-12-3/h10-30H2,1-9H3. The maximum Gasteiger partial charge on any atom is 0.699 e. The fraction of sp³-hybridized carbons (Fsp3) is 1.00. The van der Waals surface area contributed by atoms with Gasteiger partial charge in [-0.25, -0.2) is 31.8 Å². The minimum absolute atomic E-state index is 0.691. The van der Waals surface area contributed by atoms with Gasteiger partial charge in [0.15, 0.2) is 0 Å². The molecule has 0 atom stereocenters. The van der Waals surface area contributed by atoms with Crippen LogP contribution < -0.4 is 0 Å². The molecule has 0 aromatic rings. The molecule has 0 heterocycles. The lowest BCUT2D eigenvalue weighted by atomic mass is 10.1. The Kier molecular flexibility index (Phi) is 25.8. The maximum atomic E-state index is 6.40. The predicted octanol–water partition coefficient (Wildman–Crippen LogP) is 10.8. The Hall–Kier alpha value is 0.875. The highest BCUT2D eigenvalue weighted by atomic mass is 32.3. The summed E-state index contributed by atoms with van der Waals surface area (Å²) in [5.74, 6) is 0. The van der Waals surface area contributed by atoms with Crippen LogP contribution in [0, 0.1) is 0 Å². The third-order valence-electron chi connectivity index (χ3n) is 6.53. The van der Waals surface area contributed by atoms with Gasteiger partial charge in [0.2, 0.25) is 0 Å². The van der Waals surface area contributed by atoms with Crippen LogP contribution in [0.1, 0.15) is 136 Å². The Morgan fingerprint density at radius 1 is 0.350 bits per heavy atom. The summed E-state index contributed by atoms with van der Waals surface area (Å²) in [7, 11) is -6.39. The van der Waals surface area contributed by atoms with Crippen molar-refractivity contribution in [3.05, 3.63) is 0 Å². The van der Waals surface area contributed by atoms with E-state index < -0.39 is 39.1 Å². The second kappa shape index (κ2) is 25.2. The molecule has 0 N–H and O–H groups in total. The zero-order valence-corrected chi connectivity index (χ0v) is 30.6. The van der Waals surface area contributed by atoms with Crippen LogP contribution in [-0.4, -0.2) is 64.7 Å². The smallest absolute Gasteiger partial charge is 0.286 e. The molecule has 6 nitrogen and oxygen atoms in total. The monoisotopic (exact) mass is 632 g/mol. The highest BCUT2D eigenvalue weighted by Gasteiger charge is 2.37. The van der Waals surface area contributed by atoms with Gasteiger partial charge in [-0.1, -0.05) is 117 Å². The molecule has 0 aliphatic rings. The van der Waals surface area contributed by atoms with Crippen LogP contribution in [0.4, 0.5) is 0 Å². The molecule has 0 saturated heterocycles. The van der Waals surface area contributed by atoms with E-state index in [2.05, 4.69) is 20.8 Å². The molecule has 0 aliphatic heterocycles. The molecule has 246 valence electrons. The van der Waals surface area contributed by atoms with Gasteiger partial charge in [-0.05, 0) is 19.3 Å². The average molecular weight is 633 g/mol. The lowest BCUT2D eigenvalue weighted by molar-refractivity contribution is 0.247. The van der Waals surface area contributed by atoms with Gasteiger partial charge < -0.3 is 0 Å². The first-order valence-electron chi connectivity index (χ1n) is 16.1. The quantitative estimate of drug-likeness (QED) is 0.0580. The first-order chi connectivity index (χ1) is 19.0. The predicted molar refractivity (Wildman–Crippen MR) is 185 cm³/mol. The van der Waals surface area contributed by atoms with Crippen LogP contribution in [0.2, 0.25) is 0 Å². The fourth-order valence-electron chi connectivity index (χ4n) is 4.13. The van der Waals surface area contributed by atoms with Gasteiger partial charge >= 0.3 is 7.32 Å². The number of hydrogen-bond donors (Lipinski definition) is 0. The highest BCUT2D eigenvalue weighted by molar-refractivity contribution is 8.27. The van der Waals surface area contributed by atoms with E-state index in [-0.39, 0.29) is 0 Å². The molecule has 0 unspecified atom stereocenters. The van der Waals surface area contributed by atoms with E-state index in [9.17, 15) is 0 Å². The lowest BCUT2D eigenvalue weighted by Crippen LogP contribution is -2.32. The fourth-order valence-corrected chi connectivity index (χ4v) is 7.37. The van der Waals surface area contributed by atoms with E-state index in [0.29, 0.717) is 19.8 Å². The molecule has 40 heavy (non-hydrogen) atoms. The molecule has 0 spiro atoms. The van der Waals surface area contributed by atoms with E-state index in [1.165, 1.54) is 96.3 Å². The molecule has 0 amide bonds. The summed E-state index contributed by atoms with van der Waals surface area (Å²) in [6.07, 6.45) is 34.3. The molecule has 0 bridgehead atoms. The summed E-state index contributed by atoms with van der Waals surface area (Å²) in [5, 5.41) is 0. The molecule has 0 saturated carbocycles. The van der Waals surface area contributed by atoms with Crippen molar-refractivity contribution in [1.29, 1.82) is 0 Å². The van der Waals surface area contributed by atoms with Crippen molar-refractivity contribution in [2.45, 2.75) is 136 Å². The second-order valence-corrected chi connectivity index (χ2v) is 19.9. The van der Waals surface area contributed by atoms with Gasteiger partial charge in [0.1, 0.15) is 0 Å². The molecule has 0 rings (SSSR count). The van der Waals surface area contributed by atoms with Gasteiger partial charge in [0, 0.05) is 37.5 Å².